The van der Waals surface area contributed by atoms with Crippen molar-refractivity contribution < 1.29 is 5.11 Å². The monoisotopic (exact) mass is 220 g/mol. The van der Waals surface area contributed by atoms with Crippen molar-refractivity contribution in [3.8, 4) is 0 Å². The molecular formula is C14H22NO. The van der Waals surface area contributed by atoms with E-state index in [0.717, 1.165) is 6.42 Å². The highest BCUT2D eigenvalue weighted by molar-refractivity contribution is 5.39. The summed E-state index contributed by atoms with van der Waals surface area (Å²) in [5, 5.41) is 12.8. The fourth-order valence-corrected chi connectivity index (χ4v) is 1.80. The molecular weight excluding hydrogens is 198 g/mol. The largest absolute Gasteiger partial charge is 0.395 e. The number of rotatable bonds is 7. The lowest BCUT2D eigenvalue weighted by atomic mass is 9.93. The van der Waals surface area contributed by atoms with Crippen LogP contribution in [-0.2, 0) is 0 Å². The first-order valence-corrected chi connectivity index (χ1v) is 5.88. The van der Waals surface area contributed by atoms with Gasteiger partial charge >= 0.3 is 0 Å². The van der Waals surface area contributed by atoms with E-state index in [4.69, 9.17) is 0 Å². The third-order valence-electron chi connectivity index (χ3n) is 2.91. The maximum atomic E-state index is 9.32. The Morgan fingerprint density at radius 1 is 1.38 bits per heavy atom. The summed E-state index contributed by atoms with van der Waals surface area (Å²) in [5.74, 6) is 1.69. The Bertz CT molecular complexity index is 197. The lowest BCUT2D eigenvalue weighted by Gasteiger charge is -2.29. The summed E-state index contributed by atoms with van der Waals surface area (Å²) >= 11 is 0. The van der Waals surface area contributed by atoms with Crippen molar-refractivity contribution in [2.75, 3.05) is 6.61 Å². The molecule has 1 aliphatic rings. The van der Waals surface area contributed by atoms with Crippen LogP contribution in [0.3, 0.4) is 0 Å². The lowest BCUT2D eigenvalue weighted by Crippen LogP contribution is -2.46. The molecule has 0 aliphatic heterocycles. The van der Waals surface area contributed by atoms with E-state index in [0.29, 0.717) is 5.92 Å². The molecule has 0 bridgehead atoms. The SMILES string of the molecule is C=CC[C@H](N[C@H](CO)C(C)C)[C]1[CH][CH][CH][CH]1. The summed E-state index contributed by atoms with van der Waals surface area (Å²) in [4.78, 5) is 0. The second-order valence-electron chi connectivity index (χ2n) is 4.49. The molecule has 2 nitrogen and oxygen atoms in total. The van der Waals surface area contributed by atoms with Crippen LogP contribution in [0, 0.1) is 37.5 Å². The molecule has 1 aliphatic carbocycles. The standard InChI is InChI=1S/C14H22NO/c1-4-7-13(12-8-5-6-9-12)15-14(10-16)11(2)3/h4-6,8-9,11,13-16H,1,7,10H2,2-3H3/t13-,14+/m0/s1. The molecule has 0 aromatic carbocycles. The third kappa shape index (κ3) is 3.91. The van der Waals surface area contributed by atoms with Gasteiger partial charge in [0.05, 0.1) is 6.61 Å². The predicted molar refractivity (Wildman–Crippen MR) is 67.9 cm³/mol. The molecule has 1 fully saturated rings. The van der Waals surface area contributed by atoms with Gasteiger partial charge in [-0.2, -0.15) is 0 Å². The molecule has 1 saturated carbocycles. The van der Waals surface area contributed by atoms with Crippen molar-refractivity contribution in [3.63, 3.8) is 0 Å². The minimum absolute atomic E-state index is 0.139. The van der Waals surface area contributed by atoms with Crippen LogP contribution in [0.4, 0.5) is 0 Å². The fourth-order valence-electron chi connectivity index (χ4n) is 1.80. The van der Waals surface area contributed by atoms with Crippen LogP contribution in [0.25, 0.3) is 0 Å². The summed E-state index contributed by atoms with van der Waals surface area (Å²) in [6.45, 7) is 8.19. The Kier molecular flexibility index (Phi) is 6.07. The summed E-state index contributed by atoms with van der Waals surface area (Å²) in [6, 6.07) is 0.395. The highest BCUT2D eigenvalue weighted by Crippen LogP contribution is 2.28. The smallest absolute Gasteiger partial charge is 0.0587 e. The van der Waals surface area contributed by atoms with Crippen molar-refractivity contribution in [1.82, 2.24) is 5.32 Å². The van der Waals surface area contributed by atoms with Crippen molar-refractivity contribution in [3.05, 3.63) is 44.3 Å². The maximum absolute atomic E-state index is 9.32. The Labute approximate surface area is 100 Å². The predicted octanol–water partition coefficient (Wildman–Crippen LogP) is 1.94. The molecule has 89 valence electrons. The second-order valence-corrected chi connectivity index (χ2v) is 4.49. The van der Waals surface area contributed by atoms with Gasteiger partial charge in [0.25, 0.3) is 0 Å². The lowest BCUT2D eigenvalue weighted by molar-refractivity contribution is 0.201. The van der Waals surface area contributed by atoms with Gasteiger partial charge in [-0.3, -0.25) is 0 Å². The zero-order valence-corrected chi connectivity index (χ0v) is 10.2. The zero-order valence-electron chi connectivity index (χ0n) is 10.2. The van der Waals surface area contributed by atoms with Gasteiger partial charge < -0.3 is 10.4 Å². The summed E-state index contributed by atoms with van der Waals surface area (Å²) < 4.78 is 0. The minimum Gasteiger partial charge on any atom is -0.395 e. The van der Waals surface area contributed by atoms with Gasteiger partial charge in [0.15, 0.2) is 0 Å². The van der Waals surface area contributed by atoms with E-state index < -0.39 is 0 Å². The van der Waals surface area contributed by atoms with Crippen LogP contribution in [0.5, 0.6) is 0 Å². The van der Waals surface area contributed by atoms with E-state index in [-0.39, 0.29) is 18.7 Å². The van der Waals surface area contributed by atoms with Gasteiger partial charge in [-0.05, 0) is 38.0 Å². The van der Waals surface area contributed by atoms with Gasteiger partial charge in [0.2, 0.25) is 0 Å². The van der Waals surface area contributed by atoms with E-state index in [9.17, 15) is 5.11 Å². The molecule has 2 heteroatoms. The molecule has 0 saturated heterocycles. The molecule has 5 radical (unpaired) electrons. The van der Waals surface area contributed by atoms with Crippen LogP contribution >= 0.6 is 0 Å². The fraction of sp³-hybridized carbons (Fsp3) is 0.500. The first-order chi connectivity index (χ1) is 7.69. The molecule has 16 heavy (non-hydrogen) atoms. The van der Waals surface area contributed by atoms with Gasteiger partial charge in [-0.25, -0.2) is 0 Å². The van der Waals surface area contributed by atoms with Crippen LogP contribution in [0.1, 0.15) is 20.3 Å². The van der Waals surface area contributed by atoms with Gasteiger partial charge in [-0.15, -0.1) is 6.58 Å². The zero-order chi connectivity index (χ0) is 12.0. The average molecular weight is 220 g/mol. The Morgan fingerprint density at radius 2 is 2.00 bits per heavy atom. The summed E-state index contributed by atoms with van der Waals surface area (Å²) in [5.41, 5.74) is 0. The van der Waals surface area contributed by atoms with Crippen molar-refractivity contribution in [1.29, 1.82) is 0 Å². The topological polar surface area (TPSA) is 32.3 Å². The van der Waals surface area contributed by atoms with Crippen LogP contribution in [-0.4, -0.2) is 23.8 Å². The molecule has 0 amide bonds. The minimum atomic E-state index is 0.139. The number of hydrogen-bond donors (Lipinski definition) is 2. The molecule has 2 atom stereocenters. The highest BCUT2D eigenvalue weighted by atomic mass is 16.3. The van der Waals surface area contributed by atoms with Crippen LogP contribution in [0.2, 0.25) is 0 Å². The van der Waals surface area contributed by atoms with Crippen molar-refractivity contribution in [2.24, 2.45) is 5.92 Å². The van der Waals surface area contributed by atoms with Crippen LogP contribution < -0.4 is 5.32 Å². The maximum Gasteiger partial charge on any atom is 0.0587 e. The normalized spacial score (nSPS) is 21.2. The van der Waals surface area contributed by atoms with E-state index in [1.165, 1.54) is 5.92 Å². The second kappa shape index (κ2) is 7.08. The molecule has 0 aromatic heterocycles. The van der Waals surface area contributed by atoms with Gasteiger partial charge in [0, 0.05) is 18.0 Å². The van der Waals surface area contributed by atoms with E-state index in [1.807, 2.05) is 18.9 Å². The number of nitrogens with one attached hydrogen (secondary N) is 1. The molecule has 0 heterocycles. The van der Waals surface area contributed by atoms with Crippen molar-refractivity contribution in [2.45, 2.75) is 32.4 Å². The van der Waals surface area contributed by atoms with Crippen LogP contribution in [0.15, 0.2) is 12.7 Å². The van der Waals surface area contributed by atoms with Gasteiger partial charge in [0.1, 0.15) is 0 Å². The van der Waals surface area contributed by atoms with Crippen molar-refractivity contribution >= 4 is 0 Å². The van der Waals surface area contributed by atoms with E-state index in [2.05, 4.69) is 38.6 Å². The molecule has 0 unspecified atom stereocenters. The number of aliphatic hydroxyl groups is 1. The molecule has 2 N–H and O–H groups in total. The first-order valence-electron chi connectivity index (χ1n) is 5.88. The molecule has 1 rings (SSSR count). The quantitative estimate of drug-likeness (QED) is 0.643. The van der Waals surface area contributed by atoms with Gasteiger partial charge in [-0.1, -0.05) is 19.9 Å². The highest BCUT2D eigenvalue weighted by Gasteiger charge is 2.27. The first kappa shape index (κ1) is 13.7. The number of hydrogen-bond acceptors (Lipinski definition) is 2. The number of aliphatic hydroxyl groups excluding tert-OH is 1. The summed E-state index contributed by atoms with van der Waals surface area (Å²) in [6.07, 6.45) is 11.1. The Morgan fingerprint density at radius 3 is 2.44 bits per heavy atom. The third-order valence-corrected chi connectivity index (χ3v) is 2.91. The Balaban J connectivity index is 2.51. The molecule has 0 aromatic rings. The summed E-state index contributed by atoms with van der Waals surface area (Å²) in [7, 11) is 0. The van der Waals surface area contributed by atoms with E-state index in [1.54, 1.807) is 0 Å². The Hall–Kier alpha value is -0.340. The van der Waals surface area contributed by atoms with E-state index >= 15 is 0 Å². The molecule has 0 spiro atoms. The average Bonchev–Trinajstić information content (AvgIpc) is 2.76.